The number of hydrogen-bond acceptors (Lipinski definition) is 1. The highest BCUT2D eigenvalue weighted by molar-refractivity contribution is 5.89. The first-order valence-corrected chi connectivity index (χ1v) is 11.2. The lowest BCUT2D eigenvalue weighted by Gasteiger charge is -2.26. The molecular formula is C28H35N. The zero-order chi connectivity index (χ0) is 20.8. The van der Waals surface area contributed by atoms with Crippen LogP contribution in [0, 0.1) is 11.3 Å². The fraction of sp³-hybridized carbons (Fsp3) is 0.464. The van der Waals surface area contributed by atoms with Gasteiger partial charge in [0.15, 0.2) is 0 Å². The van der Waals surface area contributed by atoms with Gasteiger partial charge >= 0.3 is 0 Å². The molecule has 152 valence electrons. The molecule has 2 aromatic carbocycles. The molecule has 1 unspecified atom stereocenters. The van der Waals surface area contributed by atoms with Crippen molar-refractivity contribution in [3.05, 3.63) is 65.4 Å². The summed E-state index contributed by atoms with van der Waals surface area (Å²) in [5.41, 5.74) is 7.37. The van der Waals surface area contributed by atoms with E-state index in [1.807, 2.05) is 0 Å². The second-order valence-electron chi connectivity index (χ2n) is 10.7. The number of rotatable bonds is 4. The first-order chi connectivity index (χ1) is 13.7. The standard InChI is InChI=1S/C28H35N/c1-7-13-28(5,6)25-10-8-9-21-18-29-26(17-24(21)25)20-12-11-19-15-23(27(2,3)4)16-22(19)14-20/h8-12,14,17-18,23H,7,13,15-16H2,1-6H3. The lowest BCUT2D eigenvalue weighted by atomic mass is 9.78. The zero-order valence-corrected chi connectivity index (χ0v) is 19.0. The van der Waals surface area contributed by atoms with Crippen molar-refractivity contribution < 1.29 is 0 Å². The Hall–Kier alpha value is -2.15. The fourth-order valence-corrected chi connectivity index (χ4v) is 5.07. The molecule has 0 aliphatic heterocycles. The number of pyridine rings is 1. The van der Waals surface area contributed by atoms with Gasteiger partial charge in [0.05, 0.1) is 5.69 Å². The van der Waals surface area contributed by atoms with E-state index in [2.05, 4.69) is 90.2 Å². The van der Waals surface area contributed by atoms with Crippen molar-refractivity contribution >= 4 is 10.8 Å². The number of nitrogens with zero attached hydrogens (tertiary/aromatic N) is 1. The average Bonchev–Trinajstić information content (AvgIpc) is 3.11. The van der Waals surface area contributed by atoms with Crippen LogP contribution in [-0.4, -0.2) is 4.98 Å². The molecule has 0 bridgehead atoms. The van der Waals surface area contributed by atoms with E-state index in [0.717, 1.165) is 11.6 Å². The van der Waals surface area contributed by atoms with Crippen molar-refractivity contribution in [3.8, 4) is 11.3 Å². The van der Waals surface area contributed by atoms with Crippen LogP contribution in [0.5, 0.6) is 0 Å². The summed E-state index contributed by atoms with van der Waals surface area (Å²) in [6.45, 7) is 14.1. The highest BCUT2D eigenvalue weighted by atomic mass is 14.7. The van der Waals surface area contributed by atoms with Gasteiger partial charge in [-0.3, -0.25) is 4.98 Å². The van der Waals surface area contributed by atoms with Crippen molar-refractivity contribution in [1.29, 1.82) is 0 Å². The van der Waals surface area contributed by atoms with Crippen molar-refractivity contribution in [1.82, 2.24) is 4.98 Å². The Morgan fingerprint density at radius 2 is 1.69 bits per heavy atom. The summed E-state index contributed by atoms with van der Waals surface area (Å²) in [4.78, 5) is 4.84. The van der Waals surface area contributed by atoms with Gasteiger partial charge in [0.1, 0.15) is 0 Å². The largest absolute Gasteiger partial charge is 0.256 e. The highest BCUT2D eigenvalue weighted by Gasteiger charge is 2.31. The van der Waals surface area contributed by atoms with Crippen LogP contribution >= 0.6 is 0 Å². The number of aromatic nitrogens is 1. The van der Waals surface area contributed by atoms with Crippen molar-refractivity contribution in [2.45, 2.75) is 72.6 Å². The summed E-state index contributed by atoms with van der Waals surface area (Å²) in [5.74, 6) is 0.735. The molecule has 1 heteroatoms. The molecule has 1 aliphatic rings. The Balaban J connectivity index is 1.75. The van der Waals surface area contributed by atoms with E-state index in [9.17, 15) is 0 Å². The Bertz CT molecular complexity index is 1040. The van der Waals surface area contributed by atoms with Crippen LogP contribution in [0.2, 0.25) is 0 Å². The zero-order valence-electron chi connectivity index (χ0n) is 19.0. The second-order valence-corrected chi connectivity index (χ2v) is 10.7. The summed E-state index contributed by atoms with van der Waals surface area (Å²) in [6, 6.07) is 16.0. The fourth-order valence-electron chi connectivity index (χ4n) is 5.07. The van der Waals surface area contributed by atoms with Gasteiger partial charge in [-0.25, -0.2) is 0 Å². The van der Waals surface area contributed by atoms with Gasteiger partial charge in [0, 0.05) is 17.1 Å². The molecule has 0 spiro atoms. The van der Waals surface area contributed by atoms with Crippen LogP contribution in [-0.2, 0) is 18.3 Å². The van der Waals surface area contributed by atoms with Gasteiger partial charge in [-0.15, -0.1) is 0 Å². The van der Waals surface area contributed by atoms with Crippen LogP contribution in [0.4, 0.5) is 0 Å². The molecule has 1 atom stereocenters. The third kappa shape index (κ3) is 3.84. The maximum Gasteiger partial charge on any atom is 0.0708 e. The Kier molecular flexibility index (Phi) is 5.05. The molecular weight excluding hydrogens is 350 g/mol. The van der Waals surface area contributed by atoms with Gasteiger partial charge in [-0.2, -0.15) is 0 Å². The molecule has 1 aromatic heterocycles. The van der Waals surface area contributed by atoms with Gasteiger partial charge in [-0.05, 0) is 70.2 Å². The van der Waals surface area contributed by atoms with Crippen LogP contribution in [0.1, 0.15) is 71.1 Å². The number of hydrogen-bond donors (Lipinski definition) is 0. The van der Waals surface area contributed by atoms with Gasteiger partial charge < -0.3 is 0 Å². The smallest absolute Gasteiger partial charge is 0.0708 e. The van der Waals surface area contributed by atoms with E-state index in [-0.39, 0.29) is 5.41 Å². The highest BCUT2D eigenvalue weighted by Crippen LogP contribution is 2.40. The summed E-state index contributed by atoms with van der Waals surface area (Å²) in [6.07, 6.45) is 6.84. The molecule has 29 heavy (non-hydrogen) atoms. The number of benzene rings is 2. The van der Waals surface area contributed by atoms with Crippen molar-refractivity contribution in [2.24, 2.45) is 11.3 Å². The average molecular weight is 386 g/mol. The third-order valence-electron chi connectivity index (χ3n) is 7.03. The molecule has 1 aliphatic carbocycles. The lowest BCUT2D eigenvalue weighted by Crippen LogP contribution is -2.20. The van der Waals surface area contributed by atoms with Gasteiger partial charge in [-0.1, -0.05) is 78.3 Å². The van der Waals surface area contributed by atoms with E-state index in [0.29, 0.717) is 5.41 Å². The summed E-state index contributed by atoms with van der Waals surface area (Å²) in [7, 11) is 0. The monoisotopic (exact) mass is 385 g/mol. The normalized spacial score (nSPS) is 17.0. The summed E-state index contributed by atoms with van der Waals surface area (Å²) in [5, 5.41) is 2.59. The minimum absolute atomic E-state index is 0.171. The van der Waals surface area contributed by atoms with Crippen LogP contribution in [0.15, 0.2) is 48.7 Å². The predicted octanol–water partition coefficient (Wildman–Crippen LogP) is 7.74. The van der Waals surface area contributed by atoms with Crippen LogP contribution in [0.25, 0.3) is 22.0 Å². The molecule has 1 heterocycles. The maximum atomic E-state index is 4.84. The first kappa shape index (κ1) is 20.1. The van der Waals surface area contributed by atoms with Gasteiger partial charge in [0.25, 0.3) is 0 Å². The molecule has 1 nitrogen and oxygen atoms in total. The van der Waals surface area contributed by atoms with E-state index in [4.69, 9.17) is 4.98 Å². The molecule has 0 fully saturated rings. The van der Waals surface area contributed by atoms with Crippen LogP contribution in [0.3, 0.4) is 0 Å². The van der Waals surface area contributed by atoms with E-state index in [1.165, 1.54) is 58.7 Å². The molecule has 0 N–H and O–H groups in total. The molecule has 0 radical (unpaired) electrons. The number of fused-ring (bicyclic) bond motifs is 2. The Morgan fingerprint density at radius 3 is 2.41 bits per heavy atom. The Morgan fingerprint density at radius 1 is 0.931 bits per heavy atom. The topological polar surface area (TPSA) is 12.9 Å². The lowest BCUT2D eigenvalue weighted by molar-refractivity contribution is 0.251. The summed E-state index contributed by atoms with van der Waals surface area (Å²) < 4.78 is 0. The van der Waals surface area contributed by atoms with E-state index >= 15 is 0 Å². The van der Waals surface area contributed by atoms with Crippen molar-refractivity contribution in [3.63, 3.8) is 0 Å². The van der Waals surface area contributed by atoms with Crippen molar-refractivity contribution in [2.75, 3.05) is 0 Å². The predicted molar refractivity (Wildman–Crippen MR) is 125 cm³/mol. The first-order valence-electron chi connectivity index (χ1n) is 11.2. The second kappa shape index (κ2) is 7.27. The van der Waals surface area contributed by atoms with Crippen LogP contribution < -0.4 is 0 Å². The molecule has 3 aromatic rings. The molecule has 0 saturated carbocycles. The maximum absolute atomic E-state index is 4.84. The molecule has 0 saturated heterocycles. The van der Waals surface area contributed by atoms with Gasteiger partial charge in [0.2, 0.25) is 0 Å². The molecule has 4 rings (SSSR count). The summed E-state index contributed by atoms with van der Waals surface area (Å²) >= 11 is 0. The SMILES string of the molecule is CCCC(C)(C)c1cccc2cnc(-c3ccc4c(c3)CC(C(C)(C)C)C4)cc12. The third-order valence-corrected chi connectivity index (χ3v) is 7.03. The quantitative estimate of drug-likeness (QED) is 0.447. The minimum Gasteiger partial charge on any atom is -0.256 e. The Labute approximate surface area is 176 Å². The van der Waals surface area contributed by atoms with E-state index in [1.54, 1.807) is 0 Å². The minimum atomic E-state index is 0.171. The molecule has 0 amide bonds. The van der Waals surface area contributed by atoms with E-state index < -0.39 is 0 Å².